The second-order valence-electron chi connectivity index (χ2n) is 5.50. The number of thiazole rings is 1. The minimum absolute atomic E-state index is 0.119. The Morgan fingerprint density at radius 1 is 1.52 bits per heavy atom. The lowest BCUT2D eigenvalue weighted by molar-refractivity contribution is -0.383. The van der Waals surface area contributed by atoms with E-state index >= 15 is 0 Å². The van der Waals surface area contributed by atoms with E-state index in [4.69, 9.17) is 5.73 Å². The summed E-state index contributed by atoms with van der Waals surface area (Å²) in [6.45, 7) is 2.52. The maximum Gasteiger partial charge on any atom is 0.293 e. The van der Waals surface area contributed by atoms with Crippen molar-refractivity contribution in [3.8, 4) is 0 Å². The minimum atomic E-state index is -0.330. The van der Waals surface area contributed by atoms with Gasteiger partial charge in [-0.15, -0.1) is 11.3 Å². The molecule has 112 valence electrons. The lowest BCUT2D eigenvalue weighted by Gasteiger charge is -2.20. The zero-order chi connectivity index (χ0) is 15.0. The number of nitro benzene ring substituents is 1. The van der Waals surface area contributed by atoms with E-state index in [1.54, 1.807) is 12.1 Å². The van der Waals surface area contributed by atoms with Gasteiger partial charge in [-0.1, -0.05) is 6.42 Å². The van der Waals surface area contributed by atoms with Gasteiger partial charge in [-0.05, 0) is 38.3 Å². The van der Waals surface area contributed by atoms with E-state index in [1.165, 1.54) is 11.3 Å². The van der Waals surface area contributed by atoms with E-state index in [9.17, 15) is 10.1 Å². The molecule has 0 bridgehead atoms. The van der Waals surface area contributed by atoms with Gasteiger partial charge in [0.2, 0.25) is 0 Å². The number of nitrogens with two attached hydrogens (primary N) is 1. The monoisotopic (exact) mass is 306 g/mol. The number of aromatic nitrogens is 1. The minimum Gasteiger partial charge on any atom is -0.376 e. The van der Waals surface area contributed by atoms with Gasteiger partial charge in [0.15, 0.2) is 0 Å². The highest BCUT2D eigenvalue weighted by Crippen LogP contribution is 2.36. The largest absolute Gasteiger partial charge is 0.376 e. The molecule has 1 aromatic carbocycles. The molecule has 1 heterocycles. The van der Waals surface area contributed by atoms with Gasteiger partial charge in [-0.2, -0.15) is 0 Å². The van der Waals surface area contributed by atoms with Crippen molar-refractivity contribution in [1.29, 1.82) is 0 Å². The summed E-state index contributed by atoms with van der Waals surface area (Å²) in [5, 5.41) is 15.6. The molecule has 3 rings (SSSR count). The molecule has 0 amide bonds. The predicted molar refractivity (Wildman–Crippen MR) is 84.8 cm³/mol. The van der Waals surface area contributed by atoms with Gasteiger partial charge in [-0.25, -0.2) is 4.98 Å². The van der Waals surface area contributed by atoms with Crippen molar-refractivity contribution in [1.82, 2.24) is 4.98 Å². The molecule has 0 spiro atoms. The van der Waals surface area contributed by atoms with Crippen LogP contribution in [0.25, 0.3) is 10.2 Å². The zero-order valence-electron chi connectivity index (χ0n) is 11.8. The van der Waals surface area contributed by atoms with Crippen LogP contribution in [0.15, 0.2) is 12.1 Å². The third kappa shape index (κ3) is 2.71. The van der Waals surface area contributed by atoms with E-state index in [2.05, 4.69) is 10.3 Å². The number of nitro groups is 1. The zero-order valence-corrected chi connectivity index (χ0v) is 12.7. The lowest BCUT2D eigenvalue weighted by Crippen LogP contribution is -2.29. The van der Waals surface area contributed by atoms with Crippen molar-refractivity contribution in [2.24, 2.45) is 11.7 Å². The van der Waals surface area contributed by atoms with E-state index in [0.29, 0.717) is 18.2 Å². The van der Waals surface area contributed by atoms with Gasteiger partial charge in [-0.3, -0.25) is 10.1 Å². The molecular weight excluding hydrogens is 288 g/mol. The molecule has 6 nitrogen and oxygen atoms in total. The normalized spacial score (nSPS) is 21.8. The van der Waals surface area contributed by atoms with Crippen LogP contribution >= 0.6 is 11.3 Å². The van der Waals surface area contributed by atoms with Crippen LogP contribution in [0.4, 0.5) is 11.4 Å². The number of hydrogen-bond acceptors (Lipinski definition) is 6. The number of aryl methyl sites for hydroxylation is 1. The van der Waals surface area contributed by atoms with Gasteiger partial charge in [0.25, 0.3) is 5.69 Å². The van der Waals surface area contributed by atoms with E-state index in [1.807, 2.05) is 6.92 Å². The van der Waals surface area contributed by atoms with Crippen LogP contribution in [0, 0.1) is 23.0 Å². The Bertz CT molecular complexity index is 685. The fraction of sp³-hybridized carbons (Fsp3) is 0.500. The molecule has 1 fully saturated rings. The summed E-state index contributed by atoms with van der Waals surface area (Å²) in [4.78, 5) is 15.4. The number of nitrogens with one attached hydrogen (secondary N) is 1. The number of fused-ring (bicyclic) bond motifs is 1. The van der Waals surface area contributed by atoms with Crippen molar-refractivity contribution in [3.05, 3.63) is 27.3 Å². The Balaban J connectivity index is 1.99. The Morgan fingerprint density at radius 3 is 3.05 bits per heavy atom. The molecule has 1 aliphatic rings. The maximum atomic E-state index is 11.3. The molecule has 0 aliphatic heterocycles. The first kappa shape index (κ1) is 14.2. The molecule has 3 N–H and O–H groups in total. The number of benzene rings is 1. The highest BCUT2D eigenvalue weighted by atomic mass is 32.1. The van der Waals surface area contributed by atoms with Crippen molar-refractivity contribution in [3.63, 3.8) is 0 Å². The standard InChI is InChI=1S/C14H18N4O2S/c1-8-16-12-5-11(13(18(19)20)6-14(12)21-8)17-10-4-2-3-9(10)7-15/h5-6,9-10,17H,2-4,7,15H2,1H3. The third-order valence-corrected chi connectivity index (χ3v) is 5.05. The second-order valence-corrected chi connectivity index (χ2v) is 6.74. The first-order chi connectivity index (χ1) is 10.1. The summed E-state index contributed by atoms with van der Waals surface area (Å²) in [5.74, 6) is 0.387. The molecule has 7 heteroatoms. The Morgan fingerprint density at radius 2 is 2.33 bits per heavy atom. The van der Waals surface area contributed by atoms with E-state index in [-0.39, 0.29) is 16.7 Å². The summed E-state index contributed by atoms with van der Waals surface area (Å²) >= 11 is 1.48. The van der Waals surface area contributed by atoms with Crippen molar-refractivity contribution in [2.45, 2.75) is 32.2 Å². The average molecular weight is 306 g/mol. The van der Waals surface area contributed by atoms with Crippen LogP contribution < -0.4 is 11.1 Å². The predicted octanol–water partition coefficient (Wildman–Crippen LogP) is 3.05. The lowest BCUT2D eigenvalue weighted by atomic mass is 10.0. The number of rotatable bonds is 4. The van der Waals surface area contributed by atoms with Crippen molar-refractivity contribution < 1.29 is 4.92 Å². The van der Waals surface area contributed by atoms with Gasteiger partial charge in [0, 0.05) is 12.1 Å². The van der Waals surface area contributed by atoms with E-state index in [0.717, 1.165) is 34.5 Å². The van der Waals surface area contributed by atoms with Crippen LogP contribution in [0.3, 0.4) is 0 Å². The van der Waals surface area contributed by atoms with Crippen LogP contribution in [0.1, 0.15) is 24.3 Å². The van der Waals surface area contributed by atoms with Gasteiger partial charge >= 0.3 is 0 Å². The van der Waals surface area contributed by atoms with Gasteiger partial charge in [0.1, 0.15) is 5.69 Å². The summed E-state index contributed by atoms with van der Waals surface area (Å²) in [7, 11) is 0. The van der Waals surface area contributed by atoms with Crippen LogP contribution in [-0.4, -0.2) is 22.5 Å². The Kier molecular flexibility index (Phi) is 3.77. The molecule has 1 aromatic heterocycles. The molecule has 1 saturated carbocycles. The fourth-order valence-electron chi connectivity index (χ4n) is 3.05. The van der Waals surface area contributed by atoms with Gasteiger partial charge in [0.05, 0.1) is 20.1 Å². The highest BCUT2D eigenvalue weighted by Gasteiger charge is 2.28. The molecule has 2 aromatic rings. The van der Waals surface area contributed by atoms with Crippen LogP contribution in [0.2, 0.25) is 0 Å². The molecule has 0 radical (unpaired) electrons. The maximum absolute atomic E-state index is 11.3. The molecule has 0 saturated heterocycles. The Labute approximate surface area is 126 Å². The number of hydrogen-bond donors (Lipinski definition) is 2. The summed E-state index contributed by atoms with van der Waals surface area (Å²) in [5.41, 5.74) is 7.28. The summed E-state index contributed by atoms with van der Waals surface area (Å²) < 4.78 is 0.853. The number of nitrogens with zero attached hydrogens (tertiary/aromatic N) is 2. The van der Waals surface area contributed by atoms with Gasteiger partial charge < -0.3 is 11.1 Å². The first-order valence-electron chi connectivity index (χ1n) is 7.10. The van der Waals surface area contributed by atoms with Crippen LogP contribution in [0.5, 0.6) is 0 Å². The van der Waals surface area contributed by atoms with Crippen molar-refractivity contribution in [2.75, 3.05) is 11.9 Å². The topological polar surface area (TPSA) is 94.1 Å². The molecular formula is C14H18N4O2S. The quantitative estimate of drug-likeness (QED) is 0.668. The molecule has 2 atom stereocenters. The number of anilines is 1. The van der Waals surface area contributed by atoms with Crippen molar-refractivity contribution >= 4 is 32.9 Å². The molecule has 21 heavy (non-hydrogen) atoms. The SMILES string of the molecule is Cc1nc2cc(NC3CCCC3CN)c([N+](=O)[O-])cc2s1. The first-order valence-corrected chi connectivity index (χ1v) is 7.92. The highest BCUT2D eigenvalue weighted by molar-refractivity contribution is 7.18. The molecule has 1 aliphatic carbocycles. The third-order valence-electron chi connectivity index (χ3n) is 4.11. The smallest absolute Gasteiger partial charge is 0.293 e. The second kappa shape index (κ2) is 5.57. The van der Waals surface area contributed by atoms with E-state index < -0.39 is 0 Å². The summed E-state index contributed by atoms with van der Waals surface area (Å²) in [6, 6.07) is 3.63. The van der Waals surface area contributed by atoms with Crippen LogP contribution in [-0.2, 0) is 0 Å². The fourth-order valence-corrected chi connectivity index (χ4v) is 3.90. The average Bonchev–Trinajstić information content (AvgIpc) is 3.02. The molecule has 2 unspecified atom stereocenters. The Hall–Kier alpha value is -1.73. The summed E-state index contributed by atoms with van der Waals surface area (Å²) in [6.07, 6.45) is 3.21.